The van der Waals surface area contributed by atoms with E-state index in [1.807, 2.05) is 66.9 Å². The molecule has 208 valence electrons. The Kier molecular flexibility index (Phi) is 8.88. The number of amides is 1. The number of carbonyl (C=O) groups excluding carboxylic acids is 1. The number of para-hydroxylation sites is 1. The molecule has 0 bridgehead atoms. The SMILES string of the molecule is Cc1cc(/C=N\NC(=O)[C@@H](C)N(c2ccc(Oc3ccccc3)cc2)S(C)(=O)=O)c(C)n1-c1cccc(Cl)c1Cl. The Hall–Kier alpha value is -3.79. The number of rotatable bonds is 9. The Morgan fingerprint density at radius 3 is 2.30 bits per heavy atom. The minimum absolute atomic E-state index is 0.316. The Morgan fingerprint density at radius 2 is 1.65 bits per heavy atom. The molecule has 0 radical (unpaired) electrons. The minimum atomic E-state index is -3.81. The summed E-state index contributed by atoms with van der Waals surface area (Å²) in [5.74, 6) is 0.581. The topological polar surface area (TPSA) is 93.0 Å². The molecule has 0 fully saturated rings. The molecule has 4 rings (SSSR count). The molecule has 0 saturated carbocycles. The van der Waals surface area contributed by atoms with Crippen molar-refractivity contribution in [2.24, 2.45) is 5.10 Å². The van der Waals surface area contributed by atoms with Crippen LogP contribution in [0, 0.1) is 13.8 Å². The summed E-state index contributed by atoms with van der Waals surface area (Å²) in [6.07, 6.45) is 2.55. The number of carbonyl (C=O) groups is 1. The van der Waals surface area contributed by atoms with Crippen LogP contribution in [0.5, 0.6) is 11.5 Å². The fourth-order valence-corrected chi connectivity index (χ4v) is 5.86. The van der Waals surface area contributed by atoms with E-state index in [-0.39, 0.29) is 0 Å². The van der Waals surface area contributed by atoms with Crippen molar-refractivity contribution in [1.29, 1.82) is 0 Å². The fraction of sp³-hybridized carbons (Fsp3) is 0.172. The largest absolute Gasteiger partial charge is 0.457 e. The van der Waals surface area contributed by atoms with Gasteiger partial charge < -0.3 is 9.30 Å². The summed E-state index contributed by atoms with van der Waals surface area (Å²) in [5.41, 5.74) is 5.98. The van der Waals surface area contributed by atoms with Crippen LogP contribution in [0.25, 0.3) is 5.69 Å². The molecule has 0 aliphatic carbocycles. The van der Waals surface area contributed by atoms with E-state index in [1.54, 1.807) is 30.3 Å². The maximum Gasteiger partial charge on any atom is 0.263 e. The van der Waals surface area contributed by atoms with Crippen molar-refractivity contribution in [3.63, 3.8) is 0 Å². The molecule has 8 nitrogen and oxygen atoms in total. The lowest BCUT2D eigenvalue weighted by atomic mass is 10.2. The predicted octanol–water partition coefficient (Wildman–Crippen LogP) is 6.50. The summed E-state index contributed by atoms with van der Waals surface area (Å²) in [6.45, 7) is 5.31. The monoisotopic (exact) mass is 598 g/mol. The average Bonchev–Trinajstić information content (AvgIpc) is 3.19. The number of benzene rings is 3. The van der Waals surface area contributed by atoms with Gasteiger partial charge in [0.2, 0.25) is 10.0 Å². The maximum absolute atomic E-state index is 13.0. The average molecular weight is 600 g/mol. The van der Waals surface area contributed by atoms with Crippen LogP contribution in [-0.4, -0.2) is 37.4 Å². The molecule has 4 aromatic rings. The van der Waals surface area contributed by atoms with Gasteiger partial charge in [0.05, 0.1) is 33.9 Å². The van der Waals surface area contributed by atoms with E-state index < -0.39 is 22.0 Å². The van der Waals surface area contributed by atoms with Crippen LogP contribution in [-0.2, 0) is 14.8 Å². The minimum Gasteiger partial charge on any atom is -0.457 e. The number of nitrogens with one attached hydrogen (secondary N) is 1. The smallest absolute Gasteiger partial charge is 0.263 e. The summed E-state index contributed by atoms with van der Waals surface area (Å²) in [7, 11) is -3.81. The summed E-state index contributed by atoms with van der Waals surface area (Å²) in [4.78, 5) is 13.0. The quantitative estimate of drug-likeness (QED) is 0.176. The van der Waals surface area contributed by atoms with Crippen molar-refractivity contribution in [2.75, 3.05) is 10.6 Å². The third-order valence-electron chi connectivity index (χ3n) is 6.18. The van der Waals surface area contributed by atoms with Crippen LogP contribution in [0.4, 0.5) is 5.69 Å². The second kappa shape index (κ2) is 12.2. The predicted molar refractivity (Wildman–Crippen MR) is 161 cm³/mol. The Bertz CT molecular complexity index is 1650. The number of hydrazone groups is 1. The van der Waals surface area contributed by atoms with Crippen LogP contribution in [0.2, 0.25) is 10.0 Å². The van der Waals surface area contributed by atoms with Crippen LogP contribution < -0.4 is 14.5 Å². The van der Waals surface area contributed by atoms with Gasteiger partial charge in [-0.25, -0.2) is 13.8 Å². The number of aromatic nitrogens is 1. The van der Waals surface area contributed by atoms with Gasteiger partial charge in [0.25, 0.3) is 5.91 Å². The molecule has 0 spiro atoms. The lowest BCUT2D eigenvalue weighted by Crippen LogP contribution is -2.46. The van der Waals surface area contributed by atoms with Crippen molar-refractivity contribution < 1.29 is 17.9 Å². The van der Waals surface area contributed by atoms with Gasteiger partial charge in [-0.15, -0.1) is 0 Å². The van der Waals surface area contributed by atoms with Crippen LogP contribution in [0.3, 0.4) is 0 Å². The number of nitrogens with zero attached hydrogens (tertiary/aromatic N) is 3. The van der Waals surface area contributed by atoms with Gasteiger partial charge in [-0.2, -0.15) is 5.10 Å². The molecule has 1 aromatic heterocycles. The molecule has 0 unspecified atom stereocenters. The lowest BCUT2D eigenvalue weighted by molar-refractivity contribution is -0.121. The first-order chi connectivity index (χ1) is 19.0. The van der Waals surface area contributed by atoms with Gasteiger partial charge >= 0.3 is 0 Å². The summed E-state index contributed by atoms with van der Waals surface area (Å²) < 4.78 is 34.1. The van der Waals surface area contributed by atoms with Gasteiger partial charge in [-0.1, -0.05) is 47.5 Å². The second-order valence-electron chi connectivity index (χ2n) is 9.11. The third-order valence-corrected chi connectivity index (χ3v) is 8.23. The van der Waals surface area contributed by atoms with Crippen molar-refractivity contribution in [2.45, 2.75) is 26.8 Å². The van der Waals surface area contributed by atoms with Crippen molar-refractivity contribution in [3.05, 3.63) is 106 Å². The number of sulfonamides is 1. The number of ether oxygens (including phenoxy) is 1. The van der Waals surface area contributed by atoms with E-state index in [1.165, 1.54) is 13.1 Å². The van der Waals surface area contributed by atoms with Gasteiger partial charge in [0, 0.05) is 17.0 Å². The van der Waals surface area contributed by atoms with E-state index in [0.717, 1.165) is 33.2 Å². The molecule has 0 saturated heterocycles. The van der Waals surface area contributed by atoms with Gasteiger partial charge in [0.15, 0.2) is 0 Å². The molecule has 1 atom stereocenters. The van der Waals surface area contributed by atoms with Crippen LogP contribution >= 0.6 is 23.2 Å². The van der Waals surface area contributed by atoms with E-state index in [9.17, 15) is 13.2 Å². The first kappa shape index (κ1) is 29.2. The zero-order chi connectivity index (χ0) is 29.0. The number of hydrogen-bond donors (Lipinski definition) is 1. The van der Waals surface area contributed by atoms with Crippen molar-refractivity contribution >= 4 is 51.0 Å². The molecular weight excluding hydrogens is 571 g/mol. The van der Waals surface area contributed by atoms with Crippen molar-refractivity contribution in [1.82, 2.24) is 9.99 Å². The number of anilines is 1. The third kappa shape index (κ3) is 6.50. The van der Waals surface area contributed by atoms with E-state index in [0.29, 0.717) is 27.2 Å². The molecule has 0 aliphatic heterocycles. The second-order valence-corrected chi connectivity index (χ2v) is 11.8. The van der Waals surface area contributed by atoms with Crippen molar-refractivity contribution in [3.8, 4) is 17.2 Å². The van der Waals surface area contributed by atoms with E-state index in [2.05, 4.69) is 10.5 Å². The molecule has 3 aromatic carbocycles. The molecule has 1 heterocycles. The molecule has 40 heavy (non-hydrogen) atoms. The number of halogens is 2. The maximum atomic E-state index is 13.0. The summed E-state index contributed by atoms with van der Waals surface area (Å²) in [6, 6.07) is 21.9. The summed E-state index contributed by atoms with van der Waals surface area (Å²) >= 11 is 12.6. The highest BCUT2D eigenvalue weighted by Crippen LogP contribution is 2.31. The number of hydrogen-bond acceptors (Lipinski definition) is 5. The Labute approximate surface area is 243 Å². The highest BCUT2D eigenvalue weighted by molar-refractivity contribution is 7.92. The highest BCUT2D eigenvalue weighted by atomic mass is 35.5. The molecule has 1 N–H and O–H groups in total. The van der Waals surface area contributed by atoms with Gasteiger partial charge in [-0.05, 0) is 75.4 Å². The molecule has 1 amide bonds. The van der Waals surface area contributed by atoms with Gasteiger partial charge in [-0.3, -0.25) is 9.10 Å². The molecule has 0 aliphatic rings. The normalized spacial score (nSPS) is 12.3. The standard InChI is InChI=1S/C29H28Cl2N4O4S/c1-19-17-22(20(2)34(19)27-12-8-11-26(30)28(27)31)18-32-33-29(36)21(3)35(40(4,37)38)23-13-15-25(16-14-23)39-24-9-6-5-7-10-24/h5-18,21H,1-4H3,(H,33,36)/b32-18-/t21-/m1/s1. The Morgan fingerprint density at radius 1 is 1.00 bits per heavy atom. The van der Waals surface area contributed by atoms with Gasteiger partial charge in [0.1, 0.15) is 17.5 Å². The zero-order valence-electron chi connectivity index (χ0n) is 22.3. The number of aryl methyl sites for hydroxylation is 1. The van der Waals surface area contributed by atoms with Crippen LogP contribution in [0.15, 0.2) is 84.0 Å². The first-order valence-electron chi connectivity index (χ1n) is 12.3. The first-order valence-corrected chi connectivity index (χ1v) is 14.9. The molecular formula is C29H28Cl2N4O4S. The zero-order valence-corrected chi connectivity index (χ0v) is 24.6. The Balaban J connectivity index is 1.49. The van der Waals surface area contributed by atoms with E-state index in [4.69, 9.17) is 27.9 Å². The lowest BCUT2D eigenvalue weighted by Gasteiger charge is -2.27. The highest BCUT2D eigenvalue weighted by Gasteiger charge is 2.29. The fourth-order valence-electron chi connectivity index (χ4n) is 4.31. The molecule has 11 heteroatoms. The van der Waals surface area contributed by atoms with E-state index >= 15 is 0 Å². The summed E-state index contributed by atoms with van der Waals surface area (Å²) in [5, 5.41) is 4.96. The van der Waals surface area contributed by atoms with Crippen LogP contribution in [0.1, 0.15) is 23.9 Å².